The van der Waals surface area contributed by atoms with E-state index in [1.54, 1.807) is 6.08 Å². The molecule has 0 atom stereocenters. The number of hydrogen-bond donors (Lipinski definition) is 2. The lowest BCUT2D eigenvalue weighted by molar-refractivity contribution is -0.119. The van der Waals surface area contributed by atoms with Crippen LogP contribution in [0.4, 0.5) is 0 Å². The maximum absolute atomic E-state index is 11.7. The minimum Gasteiger partial charge on any atom is -0.356 e. The fourth-order valence-corrected chi connectivity index (χ4v) is 3.08. The minimum absolute atomic E-state index is 0.0138. The first-order valence-corrected chi connectivity index (χ1v) is 11.4. The van der Waals surface area contributed by atoms with Crippen LogP contribution < -0.4 is 10.6 Å². The van der Waals surface area contributed by atoms with Gasteiger partial charge < -0.3 is 10.6 Å². The quantitative estimate of drug-likeness (QED) is 0.224. The molecule has 0 radical (unpaired) electrons. The van der Waals surface area contributed by atoms with Gasteiger partial charge in [-0.2, -0.15) is 0 Å². The predicted octanol–water partition coefficient (Wildman–Crippen LogP) is 5.67. The van der Waals surface area contributed by atoms with Crippen LogP contribution in [-0.4, -0.2) is 24.9 Å². The van der Waals surface area contributed by atoms with Gasteiger partial charge >= 0.3 is 0 Å². The smallest absolute Gasteiger partial charge is 0.243 e. The Labute approximate surface area is 168 Å². The van der Waals surface area contributed by atoms with Crippen molar-refractivity contribution in [3.05, 3.63) is 12.2 Å². The van der Waals surface area contributed by atoms with Crippen LogP contribution in [0.5, 0.6) is 0 Å². The number of hydrogen-bond acceptors (Lipinski definition) is 2. The zero-order valence-electron chi connectivity index (χ0n) is 18.0. The topological polar surface area (TPSA) is 58.2 Å². The zero-order valence-corrected chi connectivity index (χ0v) is 18.0. The molecule has 0 aromatic carbocycles. The molecule has 0 unspecified atom stereocenters. The van der Waals surface area contributed by atoms with Gasteiger partial charge in [-0.3, -0.25) is 9.59 Å². The van der Waals surface area contributed by atoms with Gasteiger partial charge in [0.05, 0.1) is 0 Å². The molecule has 0 saturated heterocycles. The van der Waals surface area contributed by atoms with Crippen molar-refractivity contribution in [3.63, 3.8) is 0 Å². The molecular weight excluding hydrogens is 336 g/mol. The Morgan fingerprint density at radius 3 is 1.70 bits per heavy atom. The van der Waals surface area contributed by atoms with Crippen LogP contribution in [0, 0.1) is 0 Å². The SMILES string of the molecule is CCCCCCCCCCCCC/C=C\C(=O)NCCCCCNC(C)=O. The molecule has 158 valence electrons. The van der Waals surface area contributed by atoms with Crippen LogP contribution in [0.25, 0.3) is 0 Å². The number of unbranched alkanes of at least 4 members (excludes halogenated alkanes) is 13. The molecule has 2 amide bonds. The average Bonchev–Trinajstić information content (AvgIpc) is 2.64. The van der Waals surface area contributed by atoms with Crippen molar-refractivity contribution in [2.75, 3.05) is 13.1 Å². The summed E-state index contributed by atoms with van der Waals surface area (Å²) in [5.74, 6) is 0.0335. The lowest BCUT2D eigenvalue weighted by Gasteiger charge is -2.03. The Kier molecular flexibility index (Phi) is 20.0. The number of nitrogens with one attached hydrogen (secondary N) is 2. The Hall–Kier alpha value is -1.32. The van der Waals surface area contributed by atoms with Gasteiger partial charge in [0.15, 0.2) is 0 Å². The largest absolute Gasteiger partial charge is 0.356 e. The van der Waals surface area contributed by atoms with Crippen molar-refractivity contribution in [3.8, 4) is 0 Å². The van der Waals surface area contributed by atoms with Crippen LogP contribution in [-0.2, 0) is 9.59 Å². The molecule has 0 aliphatic heterocycles. The summed E-state index contributed by atoms with van der Waals surface area (Å²) in [6.45, 7) is 5.23. The zero-order chi connectivity index (χ0) is 20.0. The molecule has 0 saturated carbocycles. The fourth-order valence-electron chi connectivity index (χ4n) is 3.08. The summed E-state index contributed by atoms with van der Waals surface area (Å²) < 4.78 is 0. The van der Waals surface area contributed by atoms with Crippen LogP contribution in [0.15, 0.2) is 12.2 Å². The van der Waals surface area contributed by atoms with Crippen molar-refractivity contribution in [1.82, 2.24) is 10.6 Å². The Morgan fingerprint density at radius 1 is 0.667 bits per heavy atom. The predicted molar refractivity (Wildman–Crippen MR) is 116 cm³/mol. The van der Waals surface area contributed by atoms with E-state index >= 15 is 0 Å². The molecular formula is C23H44N2O2. The molecule has 0 aromatic rings. The van der Waals surface area contributed by atoms with Gasteiger partial charge in [-0.15, -0.1) is 0 Å². The third kappa shape index (κ3) is 22.6. The van der Waals surface area contributed by atoms with Gasteiger partial charge in [-0.25, -0.2) is 0 Å². The van der Waals surface area contributed by atoms with Crippen molar-refractivity contribution in [2.45, 2.75) is 110 Å². The standard InChI is InChI=1S/C23H44N2O2/c1-3-4-5-6-7-8-9-10-11-12-13-14-16-19-23(27)25-21-18-15-17-20-24-22(2)26/h16,19H,3-15,17-18,20-21H2,1-2H3,(H,24,26)(H,25,27)/b19-16-. The van der Waals surface area contributed by atoms with Crippen LogP contribution >= 0.6 is 0 Å². The lowest BCUT2D eigenvalue weighted by atomic mass is 10.1. The van der Waals surface area contributed by atoms with Crippen LogP contribution in [0.3, 0.4) is 0 Å². The van der Waals surface area contributed by atoms with Gasteiger partial charge in [0.2, 0.25) is 11.8 Å². The second-order valence-electron chi connectivity index (χ2n) is 7.56. The average molecular weight is 381 g/mol. The van der Waals surface area contributed by atoms with E-state index in [-0.39, 0.29) is 11.8 Å². The Morgan fingerprint density at radius 2 is 1.15 bits per heavy atom. The van der Waals surface area contributed by atoms with E-state index < -0.39 is 0 Å². The number of amides is 2. The van der Waals surface area contributed by atoms with Crippen LogP contribution in [0.2, 0.25) is 0 Å². The van der Waals surface area contributed by atoms with E-state index in [9.17, 15) is 9.59 Å². The first kappa shape index (κ1) is 25.7. The number of allylic oxidation sites excluding steroid dienone is 1. The van der Waals surface area contributed by atoms with Gasteiger partial charge in [0.1, 0.15) is 0 Å². The highest BCUT2D eigenvalue weighted by atomic mass is 16.2. The molecule has 0 aliphatic rings. The molecule has 0 spiro atoms. The molecule has 0 rings (SSSR count). The van der Waals surface area contributed by atoms with E-state index in [1.165, 1.54) is 77.6 Å². The number of carbonyl (C=O) groups is 2. The molecule has 0 aromatic heterocycles. The third-order valence-corrected chi connectivity index (χ3v) is 4.77. The van der Waals surface area contributed by atoms with E-state index in [1.807, 2.05) is 6.08 Å². The van der Waals surface area contributed by atoms with Gasteiger partial charge in [0, 0.05) is 20.0 Å². The highest BCUT2D eigenvalue weighted by molar-refractivity contribution is 5.87. The summed E-state index contributed by atoms with van der Waals surface area (Å²) in [5.41, 5.74) is 0. The summed E-state index contributed by atoms with van der Waals surface area (Å²) in [6.07, 6.45) is 22.5. The number of rotatable bonds is 19. The van der Waals surface area contributed by atoms with E-state index in [0.29, 0.717) is 6.54 Å². The molecule has 4 heteroatoms. The minimum atomic E-state index is 0.0138. The van der Waals surface area contributed by atoms with Crippen LogP contribution in [0.1, 0.15) is 110 Å². The summed E-state index contributed by atoms with van der Waals surface area (Å²) in [6, 6.07) is 0. The summed E-state index contributed by atoms with van der Waals surface area (Å²) in [4.78, 5) is 22.4. The maximum Gasteiger partial charge on any atom is 0.243 e. The normalized spacial score (nSPS) is 11.0. The van der Waals surface area contributed by atoms with E-state index in [2.05, 4.69) is 17.6 Å². The van der Waals surface area contributed by atoms with Gasteiger partial charge in [-0.05, 0) is 38.2 Å². The third-order valence-electron chi connectivity index (χ3n) is 4.77. The van der Waals surface area contributed by atoms with Crippen molar-refractivity contribution in [2.24, 2.45) is 0 Å². The Bertz CT molecular complexity index is 381. The van der Waals surface area contributed by atoms with E-state index in [0.717, 1.165) is 32.2 Å². The lowest BCUT2D eigenvalue weighted by Crippen LogP contribution is -2.23. The molecule has 4 nitrogen and oxygen atoms in total. The summed E-state index contributed by atoms with van der Waals surface area (Å²) >= 11 is 0. The van der Waals surface area contributed by atoms with Crippen molar-refractivity contribution in [1.29, 1.82) is 0 Å². The molecule has 0 aliphatic carbocycles. The molecule has 0 fully saturated rings. The highest BCUT2D eigenvalue weighted by Crippen LogP contribution is 2.11. The van der Waals surface area contributed by atoms with Crippen molar-refractivity contribution < 1.29 is 9.59 Å². The highest BCUT2D eigenvalue weighted by Gasteiger charge is 1.96. The monoisotopic (exact) mass is 380 g/mol. The van der Waals surface area contributed by atoms with E-state index in [4.69, 9.17) is 0 Å². The first-order valence-electron chi connectivity index (χ1n) is 11.4. The van der Waals surface area contributed by atoms with Gasteiger partial charge in [0.25, 0.3) is 0 Å². The maximum atomic E-state index is 11.7. The molecule has 2 N–H and O–H groups in total. The Balaban J connectivity index is 3.26. The summed E-state index contributed by atoms with van der Waals surface area (Å²) in [5, 5.41) is 5.69. The summed E-state index contributed by atoms with van der Waals surface area (Å²) in [7, 11) is 0. The van der Waals surface area contributed by atoms with Gasteiger partial charge in [-0.1, -0.05) is 77.2 Å². The second-order valence-corrected chi connectivity index (χ2v) is 7.56. The second kappa shape index (κ2) is 21.0. The number of carbonyl (C=O) groups excluding carboxylic acids is 2. The molecule has 27 heavy (non-hydrogen) atoms. The molecule has 0 bridgehead atoms. The van der Waals surface area contributed by atoms with Crippen molar-refractivity contribution >= 4 is 11.8 Å². The first-order chi connectivity index (χ1) is 13.2. The fraction of sp³-hybridized carbons (Fsp3) is 0.826. The molecule has 0 heterocycles.